The highest BCUT2D eigenvalue weighted by Gasteiger charge is 2.21. The fraction of sp³-hybridized carbons (Fsp3) is 0.500. The lowest BCUT2D eigenvalue weighted by molar-refractivity contribution is -0.137. The molecule has 21 heavy (non-hydrogen) atoms. The number of hydrogen-bond donors (Lipinski definition) is 2. The molecule has 0 aliphatic rings. The smallest absolute Gasteiger partial charge is 0.303 e. The molecule has 0 bridgehead atoms. The first-order valence-corrected chi connectivity index (χ1v) is 7.74. The van der Waals surface area contributed by atoms with Crippen LogP contribution < -0.4 is 4.72 Å². The minimum atomic E-state index is -3.61. The number of rotatable bonds is 7. The summed E-state index contributed by atoms with van der Waals surface area (Å²) in [4.78, 5) is 24.0. The second-order valence-electron chi connectivity index (χ2n) is 4.60. The van der Waals surface area contributed by atoms with Gasteiger partial charge in [0.2, 0.25) is 10.0 Å². The summed E-state index contributed by atoms with van der Waals surface area (Å²) in [7, 11) is 0.808. The van der Waals surface area contributed by atoms with Gasteiger partial charge in [0.25, 0.3) is 5.91 Å². The molecule has 1 heterocycles. The van der Waals surface area contributed by atoms with Crippen molar-refractivity contribution in [2.45, 2.75) is 17.7 Å². The monoisotopic (exact) mass is 317 g/mol. The molecule has 0 aliphatic heterocycles. The van der Waals surface area contributed by atoms with Crippen molar-refractivity contribution in [1.29, 1.82) is 0 Å². The highest BCUT2D eigenvalue weighted by molar-refractivity contribution is 7.89. The molecule has 0 saturated heterocycles. The quantitative estimate of drug-likeness (QED) is 0.728. The number of carboxylic acids is 1. The predicted molar refractivity (Wildman–Crippen MR) is 75.5 cm³/mol. The van der Waals surface area contributed by atoms with E-state index in [9.17, 15) is 18.0 Å². The Kier molecular flexibility index (Phi) is 5.50. The zero-order valence-electron chi connectivity index (χ0n) is 12.2. The summed E-state index contributed by atoms with van der Waals surface area (Å²) < 4.78 is 27.0. The fourth-order valence-electron chi connectivity index (χ4n) is 1.78. The van der Waals surface area contributed by atoms with Crippen molar-refractivity contribution in [3.63, 3.8) is 0 Å². The molecule has 0 saturated carbocycles. The third-order valence-electron chi connectivity index (χ3n) is 3.01. The molecule has 0 atom stereocenters. The average Bonchev–Trinajstić information content (AvgIpc) is 2.80. The molecule has 0 radical (unpaired) electrons. The first-order valence-electron chi connectivity index (χ1n) is 6.26. The normalized spacial score (nSPS) is 11.4. The van der Waals surface area contributed by atoms with Crippen molar-refractivity contribution < 1.29 is 23.1 Å². The molecule has 1 aromatic rings. The summed E-state index contributed by atoms with van der Waals surface area (Å²) in [5, 5.41) is 8.56. The number of carbonyl (C=O) groups is 2. The Morgan fingerprint density at radius 3 is 2.57 bits per heavy atom. The molecule has 1 aromatic heterocycles. The van der Waals surface area contributed by atoms with Gasteiger partial charge in [-0.3, -0.25) is 9.59 Å². The van der Waals surface area contributed by atoms with Crippen molar-refractivity contribution in [3.8, 4) is 0 Å². The van der Waals surface area contributed by atoms with Crippen molar-refractivity contribution >= 4 is 21.9 Å². The van der Waals surface area contributed by atoms with Crippen LogP contribution in [-0.4, -0.2) is 55.5 Å². The van der Waals surface area contributed by atoms with E-state index < -0.39 is 16.0 Å². The van der Waals surface area contributed by atoms with Gasteiger partial charge in [-0.2, -0.15) is 0 Å². The van der Waals surface area contributed by atoms with Crippen LogP contribution in [0, 0.1) is 0 Å². The molecule has 0 fully saturated rings. The maximum absolute atomic E-state index is 12.2. The molecule has 8 nitrogen and oxygen atoms in total. The van der Waals surface area contributed by atoms with Gasteiger partial charge in [0.15, 0.2) is 0 Å². The van der Waals surface area contributed by atoms with Crippen LogP contribution in [-0.2, 0) is 21.9 Å². The Bertz CT molecular complexity index is 635. The molecule has 0 unspecified atom stereocenters. The van der Waals surface area contributed by atoms with Crippen LogP contribution in [0.25, 0.3) is 0 Å². The Labute approximate surface area is 123 Å². The molecular weight excluding hydrogens is 298 g/mol. The zero-order valence-corrected chi connectivity index (χ0v) is 13.0. The molecule has 0 aliphatic carbocycles. The largest absolute Gasteiger partial charge is 0.481 e. The summed E-state index contributed by atoms with van der Waals surface area (Å²) >= 11 is 0. The SMILES string of the molecule is CNS(=O)(=O)c1cc(C(=O)N(C)CCCC(=O)O)n(C)c1. The Hall–Kier alpha value is -1.87. The molecule has 1 amide bonds. The number of hydrogen-bond acceptors (Lipinski definition) is 4. The van der Waals surface area contributed by atoms with E-state index >= 15 is 0 Å². The Balaban J connectivity index is 2.86. The lowest BCUT2D eigenvalue weighted by Gasteiger charge is -2.16. The van der Waals surface area contributed by atoms with Crippen molar-refractivity contribution in [2.75, 3.05) is 20.6 Å². The van der Waals surface area contributed by atoms with Gasteiger partial charge in [-0.1, -0.05) is 0 Å². The maximum Gasteiger partial charge on any atom is 0.303 e. The summed E-state index contributed by atoms with van der Waals surface area (Å²) in [6.07, 6.45) is 1.66. The number of nitrogens with zero attached hydrogens (tertiary/aromatic N) is 2. The van der Waals surface area contributed by atoms with Crippen LogP contribution in [0.4, 0.5) is 0 Å². The summed E-state index contributed by atoms with van der Waals surface area (Å²) in [6.45, 7) is 0.282. The van der Waals surface area contributed by atoms with E-state index in [1.54, 1.807) is 14.1 Å². The van der Waals surface area contributed by atoms with Crippen molar-refractivity contribution in [2.24, 2.45) is 7.05 Å². The minimum Gasteiger partial charge on any atom is -0.481 e. The number of aliphatic carboxylic acids is 1. The van der Waals surface area contributed by atoms with Crippen LogP contribution in [0.15, 0.2) is 17.2 Å². The number of carboxylic acid groups (broad SMARTS) is 1. The molecule has 0 spiro atoms. The minimum absolute atomic E-state index is 0.00906. The topological polar surface area (TPSA) is 109 Å². The van der Waals surface area contributed by atoms with Crippen LogP contribution in [0.3, 0.4) is 0 Å². The van der Waals surface area contributed by atoms with E-state index in [1.165, 1.54) is 28.8 Å². The van der Waals surface area contributed by atoms with Gasteiger partial charge in [0, 0.05) is 33.3 Å². The fourth-order valence-corrected chi connectivity index (χ4v) is 2.58. The Morgan fingerprint density at radius 1 is 1.43 bits per heavy atom. The molecule has 1 rings (SSSR count). The number of sulfonamides is 1. The van der Waals surface area contributed by atoms with Crippen LogP contribution in [0.5, 0.6) is 0 Å². The second-order valence-corrected chi connectivity index (χ2v) is 6.49. The molecule has 0 aromatic carbocycles. The van der Waals surface area contributed by atoms with Gasteiger partial charge in [-0.15, -0.1) is 0 Å². The van der Waals surface area contributed by atoms with E-state index in [2.05, 4.69) is 4.72 Å². The number of carbonyl (C=O) groups excluding carboxylic acids is 1. The summed E-state index contributed by atoms with van der Waals surface area (Å²) in [5.74, 6) is -1.28. The van der Waals surface area contributed by atoms with Crippen LogP contribution in [0.1, 0.15) is 23.3 Å². The van der Waals surface area contributed by atoms with E-state index in [4.69, 9.17) is 5.11 Å². The van der Waals surface area contributed by atoms with Gasteiger partial charge in [-0.25, -0.2) is 13.1 Å². The highest BCUT2D eigenvalue weighted by Crippen LogP contribution is 2.14. The molecular formula is C12H19N3O5S. The van der Waals surface area contributed by atoms with Crippen molar-refractivity contribution in [1.82, 2.24) is 14.2 Å². The standard InChI is InChI=1S/C12H19N3O5S/c1-13-21(19,20)9-7-10(15(3)8-9)12(18)14(2)6-4-5-11(16)17/h7-8,13H,4-6H2,1-3H3,(H,16,17). The predicted octanol–water partition coefficient (Wildman–Crippen LogP) is -0.130. The van der Waals surface area contributed by atoms with E-state index in [0.717, 1.165) is 0 Å². The van der Waals surface area contributed by atoms with Gasteiger partial charge >= 0.3 is 5.97 Å². The average molecular weight is 317 g/mol. The second kappa shape index (κ2) is 6.72. The van der Waals surface area contributed by atoms with Crippen molar-refractivity contribution in [3.05, 3.63) is 18.0 Å². The van der Waals surface area contributed by atoms with Gasteiger partial charge in [0.1, 0.15) is 10.6 Å². The number of amides is 1. The third-order valence-corrected chi connectivity index (χ3v) is 4.39. The number of aryl methyl sites for hydroxylation is 1. The molecule has 9 heteroatoms. The van der Waals surface area contributed by atoms with Gasteiger partial charge in [-0.05, 0) is 19.5 Å². The number of aromatic nitrogens is 1. The molecule has 2 N–H and O–H groups in total. The molecule has 118 valence electrons. The summed E-state index contributed by atoms with van der Waals surface area (Å²) in [5.41, 5.74) is 0.224. The maximum atomic E-state index is 12.2. The first-order chi connectivity index (χ1) is 9.69. The van der Waals surface area contributed by atoms with Gasteiger partial charge < -0.3 is 14.6 Å². The van der Waals surface area contributed by atoms with Gasteiger partial charge in [0.05, 0.1) is 0 Å². The zero-order chi connectivity index (χ0) is 16.2. The lowest BCUT2D eigenvalue weighted by atomic mass is 10.3. The summed E-state index contributed by atoms with van der Waals surface area (Å²) in [6, 6.07) is 1.29. The highest BCUT2D eigenvalue weighted by atomic mass is 32.2. The number of nitrogens with one attached hydrogen (secondary N) is 1. The first kappa shape index (κ1) is 17.2. The van der Waals surface area contributed by atoms with E-state index in [0.29, 0.717) is 6.42 Å². The van der Waals surface area contributed by atoms with E-state index in [-0.39, 0.29) is 29.5 Å². The third kappa shape index (κ3) is 4.30. The van der Waals surface area contributed by atoms with Crippen LogP contribution in [0.2, 0.25) is 0 Å². The van der Waals surface area contributed by atoms with Crippen LogP contribution >= 0.6 is 0 Å². The lowest BCUT2D eigenvalue weighted by Crippen LogP contribution is -2.29. The Morgan fingerprint density at radius 2 is 2.05 bits per heavy atom. The van der Waals surface area contributed by atoms with E-state index in [1.807, 2.05) is 0 Å².